The van der Waals surface area contributed by atoms with Crippen molar-refractivity contribution in [2.75, 3.05) is 23.7 Å². The zero-order valence-corrected chi connectivity index (χ0v) is 23.1. The normalized spacial score (nSPS) is 12.2. The summed E-state index contributed by atoms with van der Waals surface area (Å²) in [5, 5.41) is 3.33. The van der Waals surface area contributed by atoms with Crippen LogP contribution in [-0.4, -0.2) is 50.5 Å². The van der Waals surface area contributed by atoms with E-state index in [9.17, 15) is 18.0 Å². The SMILES string of the molecule is CCNC(=O)C(C)N(Cc1ccc(Br)cc1)C(=O)CCCN(c1cc(Cl)ccc1Cl)S(C)(=O)=O. The minimum Gasteiger partial charge on any atom is -0.355 e. The Balaban J connectivity index is 2.18. The van der Waals surface area contributed by atoms with E-state index < -0.39 is 16.1 Å². The van der Waals surface area contributed by atoms with E-state index in [1.54, 1.807) is 13.0 Å². The van der Waals surface area contributed by atoms with Gasteiger partial charge in [-0.05, 0) is 56.2 Å². The summed E-state index contributed by atoms with van der Waals surface area (Å²) in [6, 6.07) is 11.4. The van der Waals surface area contributed by atoms with Crippen LogP contribution in [0.3, 0.4) is 0 Å². The van der Waals surface area contributed by atoms with Gasteiger partial charge in [-0.15, -0.1) is 0 Å². The maximum atomic E-state index is 13.2. The van der Waals surface area contributed by atoms with Gasteiger partial charge in [-0.3, -0.25) is 13.9 Å². The average molecular weight is 593 g/mol. The van der Waals surface area contributed by atoms with Gasteiger partial charge < -0.3 is 10.2 Å². The molecular formula is C23H28BrCl2N3O4S. The molecule has 0 spiro atoms. The predicted octanol–water partition coefficient (Wildman–Crippen LogP) is 4.86. The minimum absolute atomic E-state index is 0.0340. The lowest BCUT2D eigenvalue weighted by molar-refractivity contribution is -0.140. The molecule has 11 heteroatoms. The second-order valence-corrected chi connectivity index (χ2v) is 11.4. The van der Waals surface area contributed by atoms with Crippen LogP contribution >= 0.6 is 39.1 Å². The second-order valence-electron chi connectivity index (χ2n) is 7.75. The number of anilines is 1. The van der Waals surface area contributed by atoms with Crippen molar-refractivity contribution in [2.45, 2.75) is 39.3 Å². The summed E-state index contributed by atoms with van der Waals surface area (Å²) in [6.07, 6.45) is 1.35. The molecule has 0 aliphatic heterocycles. The van der Waals surface area contributed by atoms with Gasteiger partial charge in [-0.2, -0.15) is 0 Å². The van der Waals surface area contributed by atoms with E-state index in [0.717, 1.165) is 20.6 Å². The van der Waals surface area contributed by atoms with E-state index in [0.29, 0.717) is 11.6 Å². The summed E-state index contributed by atoms with van der Waals surface area (Å²) in [5.41, 5.74) is 1.13. The lowest BCUT2D eigenvalue weighted by atomic mass is 10.1. The molecule has 2 amide bonds. The molecule has 0 saturated heterocycles. The van der Waals surface area contributed by atoms with Gasteiger partial charge in [0, 0.05) is 35.6 Å². The largest absolute Gasteiger partial charge is 0.355 e. The standard InChI is InChI=1S/C23H28BrCl2N3O4S/c1-4-27-23(31)16(2)28(15-17-7-9-18(24)10-8-17)22(30)6-5-13-29(34(3,32)33)21-14-19(25)11-12-20(21)26/h7-12,14,16H,4-6,13,15H2,1-3H3,(H,27,31). The van der Waals surface area contributed by atoms with Gasteiger partial charge in [-0.1, -0.05) is 51.3 Å². The molecule has 1 unspecified atom stereocenters. The molecule has 0 aliphatic rings. The molecule has 7 nitrogen and oxygen atoms in total. The Morgan fingerprint density at radius 2 is 1.76 bits per heavy atom. The Labute approximate surface area is 219 Å². The van der Waals surface area contributed by atoms with Crippen LogP contribution in [0.15, 0.2) is 46.9 Å². The number of amides is 2. The van der Waals surface area contributed by atoms with Gasteiger partial charge in [0.1, 0.15) is 6.04 Å². The number of carbonyl (C=O) groups excluding carboxylic acids is 2. The van der Waals surface area contributed by atoms with Gasteiger partial charge >= 0.3 is 0 Å². The van der Waals surface area contributed by atoms with Crippen molar-refractivity contribution in [3.05, 3.63) is 62.5 Å². The molecule has 0 aromatic heterocycles. The number of benzene rings is 2. The summed E-state index contributed by atoms with van der Waals surface area (Å²) >= 11 is 15.6. The summed E-state index contributed by atoms with van der Waals surface area (Å²) in [7, 11) is -3.67. The maximum Gasteiger partial charge on any atom is 0.242 e. The van der Waals surface area contributed by atoms with Gasteiger partial charge in [0.15, 0.2) is 0 Å². The molecule has 1 atom stereocenters. The summed E-state index contributed by atoms with van der Waals surface area (Å²) < 4.78 is 26.9. The maximum absolute atomic E-state index is 13.2. The average Bonchev–Trinajstić information content (AvgIpc) is 2.77. The Hall–Kier alpha value is -1.81. The molecule has 2 aromatic rings. The van der Waals surface area contributed by atoms with E-state index in [1.807, 2.05) is 31.2 Å². The molecular weight excluding hydrogens is 565 g/mol. The van der Waals surface area contributed by atoms with Gasteiger partial charge in [0.05, 0.1) is 17.0 Å². The van der Waals surface area contributed by atoms with Crippen molar-refractivity contribution in [3.8, 4) is 0 Å². The molecule has 2 rings (SSSR count). The number of sulfonamides is 1. The van der Waals surface area contributed by atoms with Gasteiger partial charge in [0.25, 0.3) is 0 Å². The minimum atomic E-state index is -3.67. The van der Waals surface area contributed by atoms with Crippen LogP contribution in [0.1, 0.15) is 32.3 Å². The first-order chi connectivity index (χ1) is 15.9. The predicted molar refractivity (Wildman–Crippen MR) is 141 cm³/mol. The highest BCUT2D eigenvalue weighted by atomic mass is 79.9. The quantitative estimate of drug-likeness (QED) is 0.404. The summed E-state index contributed by atoms with van der Waals surface area (Å²) in [6.45, 7) is 4.22. The van der Waals surface area contributed by atoms with Crippen LogP contribution in [0, 0.1) is 0 Å². The van der Waals surface area contributed by atoms with Gasteiger partial charge in [-0.25, -0.2) is 8.42 Å². The van der Waals surface area contributed by atoms with Crippen molar-refractivity contribution in [3.63, 3.8) is 0 Å². The number of halogens is 3. The van der Waals surface area contributed by atoms with Crippen LogP contribution in [0.4, 0.5) is 5.69 Å². The zero-order chi connectivity index (χ0) is 25.5. The number of likely N-dealkylation sites (N-methyl/N-ethyl adjacent to an activating group) is 1. The monoisotopic (exact) mass is 591 g/mol. The molecule has 0 saturated carbocycles. The lowest BCUT2D eigenvalue weighted by Gasteiger charge is -2.29. The lowest BCUT2D eigenvalue weighted by Crippen LogP contribution is -2.47. The van der Waals surface area contributed by atoms with Crippen LogP contribution in [0.5, 0.6) is 0 Å². The third-order valence-corrected chi connectivity index (χ3v) is 7.38. The van der Waals surface area contributed by atoms with E-state index in [-0.39, 0.29) is 48.5 Å². The molecule has 0 heterocycles. The van der Waals surface area contributed by atoms with Crippen LogP contribution in [-0.2, 0) is 26.2 Å². The van der Waals surface area contributed by atoms with Crippen LogP contribution in [0.2, 0.25) is 10.0 Å². The van der Waals surface area contributed by atoms with Crippen molar-refractivity contribution in [1.29, 1.82) is 0 Å². The number of nitrogens with zero attached hydrogens (tertiary/aromatic N) is 2. The fourth-order valence-electron chi connectivity index (χ4n) is 3.35. The Morgan fingerprint density at radius 3 is 2.35 bits per heavy atom. The Morgan fingerprint density at radius 1 is 1.12 bits per heavy atom. The third-order valence-electron chi connectivity index (χ3n) is 5.11. The van der Waals surface area contributed by atoms with Gasteiger partial charge in [0.2, 0.25) is 21.8 Å². The highest BCUT2D eigenvalue weighted by molar-refractivity contribution is 9.10. The number of rotatable bonds is 11. The Bertz CT molecular complexity index is 1110. The fraction of sp³-hybridized carbons (Fsp3) is 0.391. The summed E-state index contributed by atoms with van der Waals surface area (Å²) in [4.78, 5) is 27.2. The van der Waals surface area contributed by atoms with Crippen molar-refractivity contribution >= 4 is 66.7 Å². The number of carbonyl (C=O) groups is 2. The Kier molecular flexibility index (Phi) is 10.7. The molecule has 0 bridgehead atoms. The second kappa shape index (κ2) is 12.8. The number of hydrogen-bond acceptors (Lipinski definition) is 4. The van der Waals surface area contributed by atoms with Crippen LogP contribution < -0.4 is 9.62 Å². The van der Waals surface area contributed by atoms with Crippen molar-refractivity contribution in [1.82, 2.24) is 10.2 Å². The van der Waals surface area contributed by atoms with E-state index >= 15 is 0 Å². The highest BCUT2D eigenvalue weighted by Crippen LogP contribution is 2.31. The molecule has 1 N–H and O–H groups in total. The van der Waals surface area contributed by atoms with E-state index in [2.05, 4.69) is 21.2 Å². The zero-order valence-electron chi connectivity index (χ0n) is 19.2. The summed E-state index contributed by atoms with van der Waals surface area (Å²) in [5.74, 6) is -0.510. The third kappa shape index (κ3) is 8.15. The highest BCUT2D eigenvalue weighted by Gasteiger charge is 2.26. The first-order valence-electron chi connectivity index (χ1n) is 10.7. The van der Waals surface area contributed by atoms with E-state index in [1.165, 1.54) is 17.0 Å². The molecule has 0 radical (unpaired) electrons. The van der Waals surface area contributed by atoms with E-state index in [4.69, 9.17) is 23.2 Å². The molecule has 0 fully saturated rings. The molecule has 2 aromatic carbocycles. The molecule has 34 heavy (non-hydrogen) atoms. The molecule has 0 aliphatic carbocycles. The smallest absolute Gasteiger partial charge is 0.242 e. The van der Waals surface area contributed by atoms with Crippen molar-refractivity contribution in [2.24, 2.45) is 0 Å². The first kappa shape index (κ1) is 28.4. The number of hydrogen-bond donors (Lipinski definition) is 1. The molecule has 186 valence electrons. The topological polar surface area (TPSA) is 86.8 Å². The van der Waals surface area contributed by atoms with Crippen LogP contribution in [0.25, 0.3) is 0 Å². The fourth-order valence-corrected chi connectivity index (χ4v) is 5.02. The first-order valence-corrected chi connectivity index (χ1v) is 14.1. The van der Waals surface area contributed by atoms with Crippen molar-refractivity contribution < 1.29 is 18.0 Å². The number of nitrogens with one attached hydrogen (secondary N) is 1.